The van der Waals surface area contributed by atoms with Crippen molar-refractivity contribution in [3.05, 3.63) is 64.4 Å². The zero-order chi connectivity index (χ0) is 16.7. The summed E-state index contributed by atoms with van der Waals surface area (Å²) in [5.74, 6) is 0.0456. The van der Waals surface area contributed by atoms with Crippen LogP contribution in [-0.2, 0) is 66.9 Å². The molecular formula is C20H18N2O2WY-2. The number of aryl methyl sites for hydroxylation is 1. The molecule has 3 aromatic rings. The summed E-state index contributed by atoms with van der Waals surface area (Å²) in [6, 6.07) is 18.2. The first-order valence-corrected chi connectivity index (χ1v) is 8.20. The molecule has 0 spiro atoms. The SMILES string of the molecule is Cc1c[c-]c(-c2ccccc2)[c-]c1-c1c(O)n2n(c1=O)CCCC2.[W].[Y]. The van der Waals surface area contributed by atoms with Crippen LogP contribution in [0.2, 0.25) is 0 Å². The van der Waals surface area contributed by atoms with Crippen molar-refractivity contribution >= 4 is 0 Å². The predicted octanol–water partition coefficient (Wildman–Crippen LogP) is 3.39. The molecule has 6 heteroatoms. The average molecular weight is 591 g/mol. The second-order valence-electron chi connectivity index (χ2n) is 6.17. The van der Waals surface area contributed by atoms with Crippen molar-refractivity contribution in [2.75, 3.05) is 0 Å². The minimum absolute atomic E-state index is 0. The molecule has 0 atom stereocenters. The molecule has 4 nitrogen and oxygen atoms in total. The number of rotatable bonds is 2. The topological polar surface area (TPSA) is 47.2 Å². The van der Waals surface area contributed by atoms with Crippen LogP contribution in [-0.4, -0.2) is 14.5 Å². The number of fused-ring (bicyclic) bond motifs is 1. The van der Waals surface area contributed by atoms with Gasteiger partial charge in [0.15, 0.2) is 0 Å². The Morgan fingerprint density at radius 1 is 1.08 bits per heavy atom. The van der Waals surface area contributed by atoms with E-state index in [-0.39, 0.29) is 65.2 Å². The van der Waals surface area contributed by atoms with Gasteiger partial charge in [0.05, 0.1) is 5.56 Å². The maximum Gasteiger partial charge on any atom is 0.275 e. The molecule has 0 saturated carbocycles. The molecule has 0 unspecified atom stereocenters. The average Bonchev–Trinajstić information content (AvgIpc) is 2.88. The molecule has 2 heterocycles. The molecular weight excluding hydrogens is 573 g/mol. The maximum absolute atomic E-state index is 12.8. The van der Waals surface area contributed by atoms with Crippen LogP contribution >= 0.6 is 0 Å². The molecule has 1 aliphatic rings. The first kappa shape index (κ1) is 21.3. The molecule has 1 aromatic heterocycles. The Morgan fingerprint density at radius 3 is 2.38 bits per heavy atom. The molecule has 0 amide bonds. The van der Waals surface area contributed by atoms with Crippen LogP contribution in [0.1, 0.15) is 18.4 Å². The monoisotopic (exact) mass is 591 g/mol. The Bertz CT molecular complexity index is 964. The Hall–Kier alpha value is -0.958. The molecule has 1 aliphatic heterocycles. The van der Waals surface area contributed by atoms with Crippen molar-refractivity contribution in [3.63, 3.8) is 0 Å². The fourth-order valence-electron chi connectivity index (χ4n) is 3.30. The normalized spacial score (nSPS) is 12.7. The van der Waals surface area contributed by atoms with E-state index in [0.29, 0.717) is 24.2 Å². The van der Waals surface area contributed by atoms with E-state index in [0.717, 1.165) is 29.5 Å². The van der Waals surface area contributed by atoms with E-state index in [4.69, 9.17) is 0 Å². The fraction of sp³-hybridized carbons (Fsp3) is 0.250. The molecule has 0 fully saturated rings. The summed E-state index contributed by atoms with van der Waals surface area (Å²) in [4.78, 5) is 12.8. The van der Waals surface area contributed by atoms with Crippen molar-refractivity contribution in [1.29, 1.82) is 0 Å². The number of aromatic nitrogens is 2. The number of aromatic hydroxyl groups is 1. The quantitative estimate of drug-likeness (QED) is 0.465. The zero-order valence-electron chi connectivity index (χ0n) is 14.5. The summed E-state index contributed by atoms with van der Waals surface area (Å²) in [6.45, 7) is 3.23. The summed E-state index contributed by atoms with van der Waals surface area (Å²) < 4.78 is 3.33. The van der Waals surface area contributed by atoms with Crippen molar-refractivity contribution in [3.8, 4) is 28.1 Å². The second-order valence-corrected chi connectivity index (χ2v) is 6.17. The van der Waals surface area contributed by atoms with Crippen LogP contribution in [0, 0.1) is 19.1 Å². The van der Waals surface area contributed by atoms with Crippen LogP contribution in [0.25, 0.3) is 22.3 Å². The molecule has 2 aromatic carbocycles. The van der Waals surface area contributed by atoms with E-state index in [2.05, 4.69) is 12.1 Å². The third-order valence-electron chi connectivity index (χ3n) is 4.59. The smallest absolute Gasteiger partial charge is 0.275 e. The van der Waals surface area contributed by atoms with E-state index >= 15 is 0 Å². The molecule has 1 radical (unpaired) electrons. The van der Waals surface area contributed by atoms with E-state index in [1.807, 2.05) is 43.3 Å². The van der Waals surface area contributed by atoms with E-state index in [1.54, 1.807) is 9.36 Å². The van der Waals surface area contributed by atoms with Crippen LogP contribution in [0.15, 0.2) is 41.2 Å². The van der Waals surface area contributed by atoms with Crippen molar-refractivity contribution in [2.24, 2.45) is 0 Å². The summed E-state index contributed by atoms with van der Waals surface area (Å²) in [7, 11) is 0. The summed E-state index contributed by atoms with van der Waals surface area (Å²) >= 11 is 0. The van der Waals surface area contributed by atoms with Gasteiger partial charge in [-0.1, -0.05) is 18.2 Å². The summed E-state index contributed by atoms with van der Waals surface area (Å²) in [6.07, 6.45) is 1.94. The Balaban J connectivity index is 0.00000121. The predicted molar refractivity (Wildman–Crippen MR) is 92.9 cm³/mol. The van der Waals surface area contributed by atoms with Gasteiger partial charge < -0.3 is 5.11 Å². The number of benzene rings is 2. The van der Waals surface area contributed by atoms with Crippen molar-refractivity contribution < 1.29 is 58.9 Å². The third kappa shape index (κ3) is 3.70. The third-order valence-corrected chi connectivity index (χ3v) is 4.59. The Morgan fingerprint density at radius 2 is 1.73 bits per heavy atom. The van der Waals surface area contributed by atoms with Crippen LogP contribution in [0.3, 0.4) is 0 Å². The fourth-order valence-corrected chi connectivity index (χ4v) is 3.30. The first-order chi connectivity index (χ1) is 11.7. The molecule has 0 saturated heterocycles. The summed E-state index contributed by atoms with van der Waals surface area (Å²) in [5, 5.41) is 10.6. The molecule has 4 rings (SSSR count). The first-order valence-electron chi connectivity index (χ1n) is 8.20. The standard InChI is InChI=1S/C20H18N2O2.W.Y/c1-14-9-10-16(15-7-3-2-4-8-15)13-17(14)18-19(23)21-11-5-6-12-22(21)20(18)24;;/h2-4,7-9,23H,5-6,11-12H2,1H3;;/q-2;;. The van der Waals surface area contributed by atoms with Gasteiger partial charge in [0.1, 0.15) is 0 Å². The van der Waals surface area contributed by atoms with Gasteiger partial charge in [0.2, 0.25) is 5.88 Å². The van der Waals surface area contributed by atoms with Crippen LogP contribution in [0.5, 0.6) is 5.88 Å². The zero-order valence-corrected chi connectivity index (χ0v) is 20.3. The van der Waals surface area contributed by atoms with Crippen molar-refractivity contribution in [1.82, 2.24) is 9.36 Å². The second kappa shape index (κ2) is 8.82. The van der Waals surface area contributed by atoms with Gasteiger partial charge in [0, 0.05) is 66.9 Å². The van der Waals surface area contributed by atoms with Gasteiger partial charge >= 0.3 is 0 Å². The minimum atomic E-state index is -0.142. The van der Waals surface area contributed by atoms with Gasteiger partial charge in [-0.3, -0.25) is 27.2 Å². The van der Waals surface area contributed by atoms with Gasteiger partial charge in [-0.05, 0) is 12.8 Å². The number of hydrogen-bond donors (Lipinski definition) is 1. The van der Waals surface area contributed by atoms with Crippen LogP contribution < -0.4 is 5.56 Å². The van der Waals surface area contributed by atoms with Crippen LogP contribution in [0.4, 0.5) is 0 Å². The molecule has 0 aliphatic carbocycles. The van der Waals surface area contributed by atoms with E-state index in [9.17, 15) is 9.90 Å². The number of hydrogen-bond acceptors (Lipinski definition) is 2. The maximum atomic E-state index is 12.8. The van der Waals surface area contributed by atoms with Gasteiger partial charge in [0.25, 0.3) is 5.56 Å². The summed E-state index contributed by atoms with van der Waals surface area (Å²) in [5.41, 5.74) is 3.53. The van der Waals surface area contributed by atoms with Crippen molar-refractivity contribution in [2.45, 2.75) is 32.9 Å². The van der Waals surface area contributed by atoms with E-state index < -0.39 is 0 Å². The molecule has 26 heavy (non-hydrogen) atoms. The Kier molecular flexibility index (Phi) is 7.24. The molecule has 1 N–H and O–H groups in total. The molecule has 131 valence electrons. The Labute approximate surface area is 192 Å². The van der Waals surface area contributed by atoms with Gasteiger partial charge in [-0.2, -0.15) is 11.1 Å². The molecule has 0 bridgehead atoms. The van der Waals surface area contributed by atoms with E-state index in [1.165, 1.54) is 0 Å². The van der Waals surface area contributed by atoms with Gasteiger partial charge in [-0.25, -0.2) is 16.3 Å². The van der Waals surface area contributed by atoms with Gasteiger partial charge in [-0.15, -0.1) is 19.1 Å². The minimum Gasteiger partial charge on any atom is -0.493 e. The number of nitrogens with zero attached hydrogens (tertiary/aromatic N) is 2. The largest absolute Gasteiger partial charge is 0.493 e.